The number of rotatable bonds is 2. The number of nitrogens with two attached hydrogens (primary N) is 1. The van der Waals surface area contributed by atoms with Gasteiger partial charge in [-0.05, 0) is 38.8 Å². The van der Waals surface area contributed by atoms with E-state index in [9.17, 15) is 0 Å². The summed E-state index contributed by atoms with van der Waals surface area (Å²) in [4.78, 5) is 1.66. The highest BCUT2D eigenvalue weighted by molar-refractivity contribution is 5.21. The van der Waals surface area contributed by atoms with Gasteiger partial charge in [0.05, 0.1) is 5.54 Å². The van der Waals surface area contributed by atoms with Crippen LogP contribution in [0, 0.1) is 0 Å². The summed E-state index contributed by atoms with van der Waals surface area (Å²) in [6.07, 6.45) is 2.09. The van der Waals surface area contributed by atoms with E-state index in [-0.39, 0.29) is 16.5 Å². The largest absolute Gasteiger partial charge is 0.324 e. The summed E-state index contributed by atoms with van der Waals surface area (Å²) < 4.78 is 0. The molecule has 1 aliphatic rings. The minimum atomic E-state index is -0.198. The lowest BCUT2D eigenvalue weighted by molar-refractivity contribution is 0.299. The maximum absolute atomic E-state index is 6.26. The van der Waals surface area contributed by atoms with Crippen molar-refractivity contribution in [2.45, 2.75) is 64.0 Å². The lowest BCUT2D eigenvalue weighted by Crippen LogP contribution is -2.44. The van der Waals surface area contributed by atoms with E-state index in [1.807, 2.05) is 0 Å². The Morgan fingerprint density at radius 2 is 1.75 bits per heavy atom. The van der Waals surface area contributed by atoms with Gasteiger partial charge in [-0.1, -0.05) is 13.8 Å². The lowest BCUT2D eigenvalue weighted by Gasteiger charge is -2.28. The molecule has 1 aliphatic carbocycles. The third-order valence-electron chi connectivity index (χ3n) is 3.61. The number of aromatic nitrogens is 4. The molecule has 90 valence electrons. The molecule has 1 saturated carbocycles. The smallest absolute Gasteiger partial charge is 0.182 e. The van der Waals surface area contributed by atoms with Gasteiger partial charge < -0.3 is 5.73 Å². The van der Waals surface area contributed by atoms with Crippen LogP contribution in [0.4, 0.5) is 0 Å². The molecule has 0 saturated heterocycles. The van der Waals surface area contributed by atoms with Crippen molar-refractivity contribution in [2.75, 3.05) is 0 Å². The molecule has 5 nitrogen and oxygen atoms in total. The monoisotopic (exact) mass is 223 g/mol. The summed E-state index contributed by atoms with van der Waals surface area (Å²) in [5.74, 6) is 0.752. The fraction of sp³-hybridized carbons (Fsp3) is 0.909. The highest BCUT2D eigenvalue weighted by Gasteiger charge is 2.54. The molecule has 1 aromatic heterocycles. The maximum Gasteiger partial charge on any atom is 0.182 e. The van der Waals surface area contributed by atoms with Crippen LogP contribution in [0.25, 0.3) is 0 Å². The van der Waals surface area contributed by atoms with Crippen molar-refractivity contribution in [1.82, 2.24) is 20.2 Å². The van der Waals surface area contributed by atoms with Gasteiger partial charge in [0, 0.05) is 11.0 Å². The number of hydrogen-bond donors (Lipinski definition) is 1. The Morgan fingerprint density at radius 1 is 1.19 bits per heavy atom. The van der Waals surface area contributed by atoms with Crippen molar-refractivity contribution in [1.29, 1.82) is 0 Å². The number of tetrazole rings is 1. The van der Waals surface area contributed by atoms with Crippen molar-refractivity contribution in [3.63, 3.8) is 0 Å². The molecule has 5 heteroatoms. The fourth-order valence-electron chi connectivity index (χ4n) is 1.73. The van der Waals surface area contributed by atoms with Gasteiger partial charge in [0.15, 0.2) is 5.82 Å². The zero-order valence-electron chi connectivity index (χ0n) is 10.8. The van der Waals surface area contributed by atoms with Crippen LogP contribution in [0.2, 0.25) is 0 Å². The van der Waals surface area contributed by atoms with Crippen molar-refractivity contribution in [3.05, 3.63) is 5.82 Å². The molecule has 1 fully saturated rings. The Balaban J connectivity index is 2.32. The molecule has 0 unspecified atom stereocenters. The topological polar surface area (TPSA) is 69.6 Å². The quantitative estimate of drug-likeness (QED) is 0.817. The van der Waals surface area contributed by atoms with Gasteiger partial charge in [-0.3, -0.25) is 0 Å². The first-order valence-corrected chi connectivity index (χ1v) is 5.77. The van der Waals surface area contributed by atoms with Gasteiger partial charge in [0.2, 0.25) is 0 Å². The molecule has 0 radical (unpaired) electrons. The van der Waals surface area contributed by atoms with Gasteiger partial charge in [-0.25, -0.2) is 0 Å². The van der Waals surface area contributed by atoms with Crippen LogP contribution in [0.15, 0.2) is 0 Å². The molecule has 2 N–H and O–H groups in total. The van der Waals surface area contributed by atoms with Crippen LogP contribution < -0.4 is 5.73 Å². The lowest BCUT2D eigenvalue weighted by atomic mass is 9.82. The van der Waals surface area contributed by atoms with E-state index < -0.39 is 0 Å². The summed E-state index contributed by atoms with van der Waals surface area (Å²) in [7, 11) is 0. The molecule has 2 rings (SSSR count). The van der Waals surface area contributed by atoms with E-state index >= 15 is 0 Å². The third kappa shape index (κ3) is 1.63. The fourth-order valence-corrected chi connectivity index (χ4v) is 1.73. The SMILES string of the molecule is CC(C)(C)n1nnc(C(C)(C)C2(N)CC2)n1. The molecule has 0 atom stereocenters. The normalized spacial score (nSPS) is 19.9. The van der Waals surface area contributed by atoms with E-state index in [0.29, 0.717) is 0 Å². The molecule has 0 spiro atoms. The molecule has 0 aliphatic heterocycles. The van der Waals surface area contributed by atoms with E-state index in [1.54, 1.807) is 4.80 Å². The maximum atomic E-state index is 6.26. The zero-order valence-corrected chi connectivity index (χ0v) is 10.8. The average molecular weight is 223 g/mol. The van der Waals surface area contributed by atoms with Gasteiger partial charge in [-0.15, -0.1) is 10.2 Å². The summed E-state index contributed by atoms with van der Waals surface area (Å²) >= 11 is 0. The van der Waals surface area contributed by atoms with Crippen LogP contribution in [-0.2, 0) is 11.0 Å². The molecule has 16 heavy (non-hydrogen) atoms. The Hall–Kier alpha value is -0.970. The predicted octanol–water partition coefficient (Wildman–Crippen LogP) is 1.20. The highest BCUT2D eigenvalue weighted by atomic mass is 15.6. The first kappa shape index (κ1) is 11.5. The third-order valence-corrected chi connectivity index (χ3v) is 3.61. The van der Waals surface area contributed by atoms with Crippen LogP contribution in [0.5, 0.6) is 0 Å². The highest BCUT2D eigenvalue weighted by Crippen LogP contribution is 2.47. The zero-order chi connectivity index (χ0) is 12.2. The van der Waals surface area contributed by atoms with Crippen LogP contribution >= 0.6 is 0 Å². The van der Waals surface area contributed by atoms with Crippen LogP contribution in [-0.4, -0.2) is 25.7 Å². The van der Waals surface area contributed by atoms with Gasteiger partial charge in [0.1, 0.15) is 0 Å². The molecule has 1 heterocycles. The second-order valence-corrected chi connectivity index (χ2v) is 6.35. The summed E-state index contributed by atoms with van der Waals surface area (Å²) in [5, 5.41) is 12.8. The average Bonchev–Trinajstić information content (AvgIpc) is 2.71. The molecule has 0 amide bonds. The van der Waals surface area contributed by atoms with Crippen molar-refractivity contribution in [3.8, 4) is 0 Å². The molecule has 0 aromatic carbocycles. The van der Waals surface area contributed by atoms with E-state index in [0.717, 1.165) is 18.7 Å². The summed E-state index contributed by atoms with van der Waals surface area (Å²) in [5.41, 5.74) is 5.79. The summed E-state index contributed by atoms with van der Waals surface area (Å²) in [6, 6.07) is 0. The van der Waals surface area contributed by atoms with Crippen LogP contribution in [0.1, 0.15) is 53.3 Å². The number of hydrogen-bond acceptors (Lipinski definition) is 4. The van der Waals surface area contributed by atoms with E-state index in [4.69, 9.17) is 5.73 Å². The molecule has 1 aromatic rings. The van der Waals surface area contributed by atoms with E-state index in [2.05, 4.69) is 50.0 Å². The predicted molar refractivity (Wildman–Crippen MR) is 62.0 cm³/mol. The Morgan fingerprint density at radius 3 is 2.12 bits per heavy atom. The molecular weight excluding hydrogens is 202 g/mol. The van der Waals surface area contributed by atoms with Crippen molar-refractivity contribution in [2.24, 2.45) is 5.73 Å². The van der Waals surface area contributed by atoms with Crippen molar-refractivity contribution < 1.29 is 0 Å². The molecule has 0 bridgehead atoms. The minimum Gasteiger partial charge on any atom is -0.324 e. The Kier molecular flexibility index (Phi) is 2.18. The molecular formula is C11H21N5. The minimum absolute atomic E-state index is 0.132. The van der Waals surface area contributed by atoms with Crippen molar-refractivity contribution >= 4 is 0 Å². The van der Waals surface area contributed by atoms with Gasteiger partial charge in [-0.2, -0.15) is 4.80 Å². The van der Waals surface area contributed by atoms with E-state index in [1.165, 1.54) is 0 Å². The first-order chi connectivity index (χ1) is 7.17. The van der Waals surface area contributed by atoms with Gasteiger partial charge in [0.25, 0.3) is 0 Å². The van der Waals surface area contributed by atoms with Gasteiger partial charge >= 0.3 is 0 Å². The summed E-state index contributed by atoms with van der Waals surface area (Å²) in [6.45, 7) is 10.4. The standard InChI is InChI=1S/C11H21N5/c1-9(2,3)16-14-8(13-15-16)10(4,5)11(12)6-7-11/h6-7,12H2,1-5H3. The Labute approximate surface area is 96.4 Å². The Bertz CT molecular complexity index is 395. The number of nitrogens with zero attached hydrogens (tertiary/aromatic N) is 4. The van der Waals surface area contributed by atoms with Crippen LogP contribution in [0.3, 0.4) is 0 Å². The first-order valence-electron chi connectivity index (χ1n) is 5.77. The second kappa shape index (κ2) is 3.03. The second-order valence-electron chi connectivity index (χ2n) is 6.35.